The van der Waals surface area contributed by atoms with Gasteiger partial charge in [-0.3, -0.25) is 4.79 Å². The summed E-state index contributed by atoms with van der Waals surface area (Å²) in [6.07, 6.45) is 2.72. The fourth-order valence-electron chi connectivity index (χ4n) is 3.11. The van der Waals surface area contributed by atoms with E-state index in [0.29, 0.717) is 24.2 Å². The standard InChI is InChI=1S/C18H17N3O3S/c22-18-10-13-9-14(5-6-16(13)21-18)25(23,24)20-8-7-12-11-19-17-4-2-1-3-15(12)17/h1-6,9,11,19-20H,7-8,10H2,(H,21,22). The number of aromatic amines is 1. The monoisotopic (exact) mass is 355 g/mol. The second-order valence-corrected chi connectivity index (χ2v) is 7.82. The zero-order chi connectivity index (χ0) is 17.4. The first-order valence-corrected chi connectivity index (χ1v) is 9.49. The number of nitrogens with one attached hydrogen (secondary N) is 3. The number of sulfonamides is 1. The van der Waals surface area contributed by atoms with E-state index in [2.05, 4.69) is 15.0 Å². The van der Waals surface area contributed by atoms with Crippen LogP contribution in [0.5, 0.6) is 0 Å². The minimum Gasteiger partial charge on any atom is -0.361 e. The minimum absolute atomic E-state index is 0.114. The summed E-state index contributed by atoms with van der Waals surface area (Å²) in [5, 5.41) is 3.80. The van der Waals surface area contributed by atoms with Crippen LogP contribution in [0.3, 0.4) is 0 Å². The van der Waals surface area contributed by atoms with Gasteiger partial charge in [-0.1, -0.05) is 18.2 Å². The molecule has 1 aliphatic heterocycles. The molecule has 1 aromatic heterocycles. The summed E-state index contributed by atoms with van der Waals surface area (Å²) in [5.41, 5.74) is 3.51. The Balaban J connectivity index is 1.47. The van der Waals surface area contributed by atoms with Crippen LogP contribution in [0.2, 0.25) is 0 Å². The molecule has 25 heavy (non-hydrogen) atoms. The van der Waals surface area contributed by atoms with Gasteiger partial charge in [0, 0.05) is 29.3 Å². The quantitative estimate of drug-likeness (QED) is 0.655. The first kappa shape index (κ1) is 15.9. The molecule has 2 aromatic carbocycles. The van der Waals surface area contributed by atoms with Crippen molar-refractivity contribution >= 4 is 32.5 Å². The minimum atomic E-state index is -3.61. The number of amides is 1. The normalized spacial score (nSPS) is 13.8. The zero-order valence-electron chi connectivity index (χ0n) is 13.4. The summed E-state index contributed by atoms with van der Waals surface area (Å²) in [5.74, 6) is -0.114. The van der Waals surface area contributed by atoms with Gasteiger partial charge in [-0.15, -0.1) is 0 Å². The Hall–Kier alpha value is -2.64. The summed E-state index contributed by atoms with van der Waals surface area (Å²) >= 11 is 0. The van der Waals surface area contributed by atoms with Gasteiger partial charge in [0.1, 0.15) is 0 Å². The fraction of sp³-hybridized carbons (Fsp3) is 0.167. The van der Waals surface area contributed by atoms with Gasteiger partial charge in [0.25, 0.3) is 0 Å². The largest absolute Gasteiger partial charge is 0.361 e. The number of anilines is 1. The predicted octanol–water partition coefficient (Wildman–Crippen LogP) is 2.18. The van der Waals surface area contributed by atoms with Gasteiger partial charge in [0.2, 0.25) is 15.9 Å². The number of fused-ring (bicyclic) bond motifs is 2. The SMILES string of the molecule is O=C1Cc2cc(S(=O)(=O)NCCc3c[nH]c4ccccc34)ccc2N1. The molecule has 0 aliphatic carbocycles. The van der Waals surface area contributed by atoms with Crippen molar-refractivity contribution in [2.24, 2.45) is 0 Å². The van der Waals surface area contributed by atoms with Gasteiger partial charge in [-0.2, -0.15) is 0 Å². The van der Waals surface area contributed by atoms with Crippen molar-refractivity contribution in [2.45, 2.75) is 17.7 Å². The molecule has 0 unspecified atom stereocenters. The number of benzene rings is 2. The molecule has 3 aromatic rings. The van der Waals surface area contributed by atoms with Crippen LogP contribution in [0.4, 0.5) is 5.69 Å². The summed E-state index contributed by atoms with van der Waals surface area (Å²) < 4.78 is 27.6. The lowest BCUT2D eigenvalue weighted by Crippen LogP contribution is -2.26. The van der Waals surface area contributed by atoms with Crippen LogP contribution >= 0.6 is 0 Å². The summed E-state index contributed by atoms with van der Waals surface area (Å²) in [7, 11) is -3.61. The van der Waals surface area contributed by atoms with E-state index < -0.39 is 10.0 Å². The molecule has 0 saturated carbocycles. The molecular formula is C18H17N3O3S. The number of rotatable bonds is 5. The number of para-hydroxylation sites is 1. The van der Waals surface area contributed by atoms with Crippen molar-refractivity contribution in [3.05, 3.63) is 59.8 Å². The van der Waals surface area contributed by atoms with E-state index in [9.17, 15) is 13.2 Å². The molecule has 0 atom stereocenters. The Labute approximate surface area is 145 Å². The zero-order valence-corrected chi connectivity index (χ0v) is 14.2. The molecule has 1 amide bonds. The predicted molar refractivity (Wildman–Crippen MR) is 96.0 cm³/mol. The molecule has 4 rings (SSSR count). The van der Waals surface area contributed by atoms with Gasteiger partial charge in [0.15, 0.2) is 0 Å². The molecule has 0 fully saturated rings. The third kappa shape index (κ3) is 3.04. The Morgan fingerprint density at radius 2 is 1.96 bits per heavy atom. The summed E-state index contributed by atoms with van der Waals surface area (Å²) in [4.78, 5) is 14.8. The third-order valence-corrected chi connectivity index (χ3v) is 5.83. The number of carbonyl (C=O) groups excluding carboxylic acids is 1. The highest BCUT2D eigenvalue weighted by molar-refractivity contribution is 7.89. The maximum absolute atomic E-state index is 12.5. The maximum Gasteiger partial charge on any atom is 0.240 e. The van der Waals surface area contributed by atoms with Gasteiger partial charge >= 0.3 is 0 Å². The van der Waals surface area contributed by atoms with Crippen molar-refractivity contribution in [2.75, 3.05) is 11.9 Å². The number of hydrogen-bond acceptors (Lipinski definition) is 3. The van der Waals surface area contributed by atoms with Gasteiger partial charge in [0.05, 0.1) is 11.3 Å². The molecule has 0 spiro atoms. The third-order valence-electron chi connectivity index (χ3n) is 4.37. The van der Waals surface area contributed by atoms with E-state index in [4.69, 9.17) is 0 Å². The van der Waals surface area contributed by atoms with E-state index in [-0.39, 0.29) is 17.2 Å². The van der Waals surface area contributed by atoms with Crippen LogP contribution in [-0.2, 0) is 27.7 Å². The molecule has 0 radical (unpaired) electrons. The van der Waals surface area contributed by atoms with Crippen LogP contribution in [0.25, 0.3) is 10.9 Å². The van der Waals surface area contributed by atoms with Crippen molar-refractivity contribution in [3.63, 3.8) is 0 Å². The second kappa shape index (κ2) is 6.02. The van der Waals surface area contributed by atoms with Crippen molar-refractivity contribution in [1.29, 1.82) is 0 Å². The molecule has 128 valence electrons. The average Bonchev–Trinajstić information content (AvgIpc) is 3.16. The number of carbonyl (C=O) groups is 1. The van der Waals surface area contributed by atoms with Crippen molar-refractivity contribution in [1.82, 2.24) is 9.71 Å². The van der Waals surface area contributed by atoms with Crippen LogP contribution in [0.15, 0.2) is 53.6 Å². The smallest absolute Gasteiger partial charge is 0.240 e. The first-order valence-electron chi connectivity index (χ1n) is 8.00. The van der Waals surface area contributed by atoms with Gasteiger partial charge < -0.3 is 10.3 Å². The molecule has 1 aliphatic rings. The first-order chi connectivity index (χ1) is 12.0. The molecule has 6 nitrogen and oxygen atoms in total. The molecule has 7 heteroatoms. The molecule has 0 bridgehead atoms. The average molecular weight is 355 g/mol. The number of hydrogen-bond donors (Lipinski definition) is 3. The van der Waals surface area contributed by atoms with E-state index in [1.165, 1.54) is 6.07 Å². The Bertz CT molecular complexity index is 1070. The van der Waals surface area contributed by atoms with Crippen molar-refractivity contribution in [3.8, 4) is 0 Å². The molecule has 2 heterocycles. The number of H-pyrrole nitrogens is 1. The van der Waals surface area contributed by atoms with E-state index >= 15 is 0 Å². The van der Waals surface area contributed by atoms with E-state index in [0.717, 1.165) is 16.5 Å². The lowest BCUT2D eigenvalue weighted by molar-refractivity contribution is -0.115. The highest BCUT2D eigenvalue weighted by Gasteiger charge is 2.21. The Morgan fingerprint density at radius 1 is 1.12 bits per heavy atom. The lowest BCUT2D eigenvalue weighted by atomic mass is 10.1. The number of aromatic nitrogens is 1. The highest BCUT2D eigenvalue weighted by atomic mass is 32.2. The molecular weight excluding hydrogens is 338 g/mol. The van der Waals surface area contributed by atoms with Crippen molar-refractivity contribution < 1.29 is 13.2 Å². The van der Waals surface area contributed by atoms with E-state index in [1.807, 2.05) is 30.5 Å². The topological polar surface area (TPSA) is 91.1 Å². The van der Waals surface area contributed by atoms with Crippen LogP contribution in [0, 0.1) is 0 Å². The summed E-state index contributed by atoms with van der Waals surface area (Å²) in [6.45, 7) is 0.304. The van der Waals surface area contributed by atoms with Crippen LogP contribution in [-0.4, -0.2) is 25.9 Å². The summed E-state index contributed by atoms with van der Waals surface area (Å²) in [6, 6.07) is 12.6. The van der Waals surface area contributed by atoms with Gasteiger partial charge in [-0.05, 0) is 41.8 Å². The molecule has 0 saturated heterocycles. The lowest BCUT2D eigenvalue weighted by Gasteiger charge is -2.08. The van der Waals surface area contributed by atoms with Crippen LogP contribution in [0.1, 0.15) is 11.1 Å². The van der Waals surface area contributed by atoms with Crippen LogP contribution < -0.4 is 10.0 Å². The van der Waals surface area contributed by atoms with Gasteiger partial charge in [-0.25, -0.2) is 13.1 Å². The second-order valence-electron chi connectivity index (χ2n) is 6.05. The Kier molecular flexibility index (Phi) is 3.82. The van der Waals surface area contributed by atoms with E-state index in [1.54, 1.807) is 12.1 Å². The maximum atomic E-state index is 12.5. The molecule has 3 N–H and O–H groups in total. The fourth-order valence-corrected chi connectivity index (χ4v) is 4.20. The Morgan fingerprint density at radius 3 is 2.84 bits per heavy atom. The highest BCUT2D eigenvalue weighted by Crippen LogP contribution is 2.25.